The molecule has 1 amide bonds. The van der Waals surface area contributed by atoms with Crippen LogP contribution in [0.2, 0.25) is 5.02 Å². The van der Waals surface area contributed by atoms with Crippen molar-refractivity contribution < 1.29 is 9.53 Å². The number of hydrogen-bond acceptors (Lipinski definition) is 2. The molecule has 4 rings (SSSR count). The number of hydrogen-bond donors (Lipinski definition) is 1. The number of aromatic nitrogens is 1. The highest BCUT2D eigenvalue weighted by Gasteiger charge is 2.13. The van der Waals surface area contributed by atoms with Crippen molar-refractivity contribution in [2.75, 3.05) is 11.9 Å². The van der Waals surface area contributed by atoms with Gasteiger partial charge in [-0.15, -0.1) is 0 Å². The quantitative estimate of drug-likeness (QED) is 0.444. The topological polar surface area (TPSA) is 43.3 Å². The molecule has 0 aliphatic rings. The highest BCUT2D eigenvalue weighted by atomic mass is 35.5. The standard InChI is InChI=1S/C23H21ClN2O2/c1-3-26-20-8-6-5-7-17(20)18-14-16(10-11-21(18)26)25-23(27)15-9-12-22(28-4-2)19(24)13-15/h5-14H,3-4H2,1-2H3,(H,25,27). The van der Waals surface area contributed by atoms with E-state index >= 15 is 0 Å². The Morgan fingerprint density at radius 3 is 2.54 bits per heavy atom. The van der Waals surface area contributed by atoms with Gasteiger partial charge in [0.05, 0.1) is 11.6 Å². The van der Waals surface area contributed by atoms with Gasteiger partial charge < -0.3 is 14.6 Å². The molecule has 28 heavy (non-hydrogen) atoms. The molecule has 0 aliphatic heterocycles. The van der Waals surface area contributed by atoms with Gasteiger partial charge >= 0.3 is 0 Å². The fraction of sp³-hybridized carbons (Fsp3) is 0.174. The molecule has 0 radical (unpaired) electrons. The van der Waals surface area contributed by atoms with Crippen molar-refractivity contribution in [2.45, 2.75) is 20.4 Å². The van der Waals surface area contributed by atoms with Crippen molar-refractivity contribution in [3.8, 4) is 5.75 Å². The summed E-state index contributed by atoms with van der Waals surface area (Å²) in [5.74, 6) is 0.373. The minimum Gasteiger partial charge on any atom is -0.492 e. The lowest BCUT2D eigenvalue weighted by molar-refractivity contribution is 0.102. The lowest BCUT2D eigenvalue weighted by atomic mass is 10.1. The summed E-state index contributed by atoms with van der Waals surface area (Å²) in [5.41, 5.74) is 3.60. The number of benzene rings is 3. The summed E-state index contributed by atoms with van der Waals surface area (Å²) in [6.45, 7) is 5.44. The third kappa shape index (κ3) is 3.20. The molecule has 5 heteroatoms. The van der Waals surface area contributed by atoms with E-state index in [1.807, 2.05) is 31.2 Å². The van der Waals surface area contributed by atoms with E-state index in [1.165, 1.54) is 10.9 Å². The second kappa shape index (κ2) is 7.56. The van der Waals surface area contributed by atoms with E-state index in [2.05, 4.69) is 35.0 Å². The van der Waals surface area contributed by atoms with Crippen LogP contribution in [-0.4, -0.2) is 17.1 Å². The van der Waals surface area contributed by atoms with Crippen LogP contribution in [0.3, 0.4) is 0 Å². The van der Waals surface area contributed by atoms with E-state index < -0.39 is 0 Å². The fourth-order valence-corrected chi connectivity index (χ4v) is 3.83. The monoisotopic (exact) mass is 392 g/mol. The van der Waals surface area contributed by atoms with Crippen LogP contribution < -0.4 is 10.1 Å². The van der Waals surface area contributed by atoms with Crippen LogP contribution >= 0.6 is 11.6 Å². The van der Waals surface area contributed by atoms with Gasteiger partial charge in [0, 0.05) is 39.6 Å². The van der Waals surface area contributed by atoms with Gasteiger partial charge in [0.2, 0.25) is 0 Å². The van der Waals surface area contributed by atoms with Gasteiger partial charge in [0.1, 0.15) is 5.75 Å². The Hall–Kier alpha value is -2.98. The van der Waals surface area contributed by atoms with Crippen molar-refractivity contribution in [1.29, 1.82) is 0 Å². The van der Waals surface area contributed by atoms with E-state index in [4.69, 9.17) is 16.3 Å². The number of fused-ring (bicyclic) bond motifs is 3. The summed E-state index contributed by atoms with van der Waals surface area (Å²) < 4.78 is 7.71. The molecule has 0 aliphatic carbocycles. The zero-order valence-corrected chi connectivity index (χ0v) is 16.6. The molecule has 0 spiro atoms. The first-order valence-corrected chi connectivity index (χ1v) is 9.74. The highest BCUT2D eigenvalue weighted by molar-refractivity contribution is 6.32. The van der Waals surface area contributed by atoms with E-state index in [-0.39, 0.29) is 5.91 Å². The molecule has 4 aromatic rings. The number of anilines is 1. The maximum atomic E-state index is 12.7. The molecule has 0 saturated carbocycles. The van der Waals surface area contributed by atoms with E-state index in [1.54, 1.807) is 18.2 Å². The molecule has 0 atom stereocenters. The minimum atomic E-state index is -0.205. The Morgan fingerprint density at radius 1 is 1.00 bits per heavy atom. The van der Waals surface area contributed by atoms with Crippen LogP contribution in [-0.2, 0) is 6.54 Å². The van der Waals surface area contributed by atoms with Crippen LogP contribution in [0.4, 0.5) is 5.69 Å². The predicted octanol–water partition coefficient (Wildman–Crippen LogP) is 6.12. The maximum absolute atomic E-state index is 12.7. The number of carbonyl (C=O) groups is 1. The number of ether oxygens (including phenoxy) is 1. The number of aryl methyl sites for hydroxylation is 1. The smallest absolute Gasteiger partial charge is 0.255 e. The molecule has 1 N–H and O–H groups in total. The Balaban J connectivity index is 1.67. The molecule has 0 fully saturated rings. The summed E-state index contributed by atoms with van der Waals surface area (Å²) >= 11 is 6.21. The Labute approximate surface area is 168 Å². The van der Waals surface area contributed by atoms with Crippen molar-refractivity contribution in [3.05, 3.63) is 71.2 Å². The van der Waals surface area contributed by atoms with E-state index in [9.17, 15) is 4.79 Å². The molecule has 1 aromatic heterocycles. The molecular weight excluding hydrogens is 372 g/mol. The average Bonchev–Trinajstić information content (AvgIpc) is 3.02. The van der Waals surface area contributed by atoms with Gasteiger partial charge in [-0.3, -0.25) is 4.79 Å². The second-order valence-electron chi connectivity index (χ2n) is 6.53. The van der Waals surface area contributed by atoms with Crippen molar-refractivity contribution in [1.82, 2.24) is 4.57 Å². The SMILES string of the molecule is CCOc1ccc(C(=O)Nc2ccc3c(c2)c2ccccc2n3CC)cc1Cl. The summed E-state index contributed by atoms with van der Waals surface area (Å²) in [6.07, 6.45) is 0. The van der Waals surface area contributed by atoms with Crippen LogP contribution in [0.5, 0.6) is 5.75 Å². The lowest BCUT2D eigenvalue weighted by Gasteiger charge is -2.09. The van der Waals surface area contributed by atoms with Gasteiger partial charge in [0.15, 0.2) is 0 Å². The number of carbonyl (C=O) groups excluding carboxylic acids is 1. The number of para-hydroxylation sites is 1. The molecule has 3 aromatic carbocycles. The number of amides is 1. The molecule has 1 heterocycles. The van der Waals surface area contributed by atoms with E-state index in [0.717, 1.165) is 23.1 Å². The molecular formula is C23H21ClN2O2. The van der Waals surface area contributed by atoms with Gasteiger partial charge in [-0.2, -0.15) is 0 Å². The number of halogens is 1. The average molecular weight is 393 g/mol. The zero-order valence-electron chi connectivity index (χ0n) is 15.8. The summed E-state index contributed by atoms with van der Waals surface area (Å²) in [6, 6.07) is 19.4. The first-order valence-electron chi connectivity index (χ1n) is 9.37. The molecule has 4 nitrogen and oxygen atoms in total. The number of nitrogens with one attached hydrogen (secondary N) is 1. The van der Waals surface area contributed by atoms with E-state index in [0.29, 0.717) is 22.9 Å². The third-order valence-corrected chi connectivity index (χ3v) is 5.14. The Morgan fingerprint density at radius 2 is 1.79 bits per heavy atom. The predicted molar refractivity (Wildman–Crippen MR) is 116 cm³/mol. The number of rotatable bonds is 5. The van der Waals surface area contributed by atoms with Gasteiger partial charge in [-0.05, 0) is 56.3 Å². The first-order chi connectivity index (χ1) is 13.6. The largest absolute Gasteiger partial charge is 0.492 e. The summed E-state index contributed by atoms with van der Waals surface area (Å²) in [7, 11) is 0. The normalized spacial score (nSPS) is 11.1. The maximum Gasteiger partial charge on any atom is 0.255 e. The first kappa shape index (κ1) is 18.4. The summed E-state index contributed by atoms with van der Waals surface area (Å²) in [4.78, 5) is 12.7. The lowest BCUT2D eigenvalue weighted by Crippen LogP contribution is -2.12. The number of nitrogens with zero attached hydrogens (tertiary/aromatic N) is 1. The second-order valence-corrected chi connectivity index (χ2v) is 6.93. The van der Waals surface area contributed by atoms with Gasteiger partial charge in [-0.25, -0.2) is 0 Å². The fourth-order valence-electron chi connectivity index (χ4n) is 3.59. The van der Waals surface area contributed by atoms with Crippen LogP contribution in [0, 0.1) is 0 Å². The molecule has 0 saturated heterocycles. The zero-order chi connectivity index (χ0) is 19.7. The molecule has 0 bridgehead atoms. The van der Waals surface area contributed by atoms with Gasteiger partial charge in [-0.1, -0.05) is 29.8 Å². The van der Waals surface area contributed by atoms with Crippen molar-refractivity contribution in [2.24, 2.45) is 0 Å². The highest BCUT2D eigenvalue weighted by Crippen LogP contribution is 2.31. The molecule has 0 unspecified atom stereocenters. The van der Waals surface area contributed by atoms with Crippen molar-refractivity contribution in [3.63, 3.8) is 0 Å². The van der Waals surface area contributed by atoms with Crippen LogP contribution in [0.1, 0.15) is 24.2 Å². The minimum absolute atomic E-state index is 0.205. The Kier molecular flexibility index (Phi) is 4.97. The van der Waals surface area contributed by atoms with Gasteiger partial charge in [0.25, 0.3) is 5.91 Å². The molecule has 142 valence electrons. The van der Waals surface area contributed by atoms with Crippen LogP contribution in [0.25, 0.3) is 21.8 Å². The van der Waals surface area contributed by atoms with Crippen molar-refractivity contribution >= 4 is 45.0 Å². The third-order valence-electron chi connectivity index (χ3n) is 4.84. The Bertz CT molecular complexity index is 1180. The summed E-state index contributed by atoms with van der Waals surface area (Å²) in [5, 5.41) is 5.71. The van der Waals surface area contributed by atoms with Crippen LogP contribution in [0.15, 0.2) is 60.7 Å².